The van der Waals surface area contributed by atoms with Crippen LogP contribution in [0.4, 0.5) is 0 Å². The summed E-state index contributed by atoms with van der Waals surface area (Å²) >= 11 is 1.67. The summed E-state index contributed by atoms with van der Waals surface area (Å²) in [6.45, 7) is 5.98. The first-order valence-electron chi connectivity index (χ1n) is 8.30. The Hall–Kier alpha value is -1.49. The molecule has 2 aliphatic rings. The van der Waals surface area contributed by atoms with Crippen molar-refractivity contribution in [1.29, 1.82) is 0 Å². The molecule has 0 aromatic heterocycles. The molecule has 0 spiro atoms. The minimum absolute atomic E-state index is 0.0701. The first-order chi connectivity index (χ1) is 11.1. The number of carbonyl (C=O) groups excluding carboxylic acids is 1. The van der Waals surface area contributed by atoms with Crippen molar-refractivity contribution in [2.45, 2.75) is 38.8 Å². The van der Waals surface area contributed by atoms with Gasteiger partial charge in [0.15, 0.2) is 0 Å². The largest absolute Gasteiger partial charge is 0.472 e. The number of thioether (sulfide) groups is 1. The molecule has 2 atom stereocenters. The van der Waals surface area contributed by atoms with Crippen LogP contribution in [0.3, 0.4) is 0 Å². The Morgan fingerprint density at radius 1 is 1.30 bits per heavy atom. The lowest BCUT2D eigenvalue weighted by Crippen LogP contribution is -2.30. The fourth-order valence-electron chi connectivity index (χ4n) is 2.88. The maximum absolute atomic E-state index is 12.1. The van der Waals surface area contributed by atoms with E-state index in [1.54, 1.807) is 11.8 Å². The Kier molecular flexibility index (Phi) is 5.26. The van der Waals surface area contributed by atoms with E-state index in [4.69, 9.17) is 9.73 Å². The highest BCUT2D eigenvalue weighted by molar-refractivity contribution is 8.00. The number of hydrogen-bond donors (Lipinski definition) is 0. The van der Waals surface area contributed by atoms with Crippen molar-refractivity contribution in [1.82, 2.24) is 4.90 Å². The molecule has 0 radical (unpaired) electrons. The van der Waals surface area contributed by atoms with E-state index in [0.29, 0.717) is 5.75 Å². The molecule has 1 amide bonds. The maximum atomic E-state index is 12.1. The molecule has 0 saturated carbocycles. The molecule has 2 unspecified atom stereocenters. The highest BCUT2D eigenvalue weighted by atomic mass is 32.2. The van der Waals surface area contributed by atoms with Gasteiger partial charge in [-0.2, -0.15) is 0 Å². The molecule has 4 nitrogen and oxygen atoms in total. The van der Waals surface area contributed by atoms with Crippen molar-refractivity contribution in [2.24, 2.45) is 4.99 Å². The molecule has 2 aliphatic heterocycles. The summed E-state index contributed by atoms with van der Waals surface area (Å²) in [5, 5.41) is 0. The first kappa shape index (κ1) is 16.4. The van der Waals surface area contributed by atoms with Gasteiger partial charge < -0.3 is 9.64 Å². The highest BCUT2D eigenvalue weighted by Gasteiger charge is 2.28. The molecule has 3 rings (SSSR count). The maximum Gasteiger partial charge on any atom is 0.232 e. The number of aliphatic imine (C=N–C) groups is 1. The minimum atomic E-state index is 0.0701. The summed E-state index contributed by atoms with van der Waals surface area (Å²) in [7, 11) is 0. The van der Waals surface area contributed by atoms with Crippen molar-refractivity contribution >= 4 is 23.6 Å². The molecule has 5 heteroatoms. The fraction of sp³-hybridized carbons (Fsp3) is 0.556. The molecular formula is C18H24N2O2S. The molecule has 23 heavy (non-hydrogen) atoms. The Balaban J connectivity index is 1.51. The van der Waals surface area contributed by atoms with Crippen molar-refractivity contribution in [3.63, 3.8) is 0 Å². The topological polar surface area (TPSA) is 41.9 Å². The number of amides is 1. The number of carbonyl (C=O) groups is 1. The summed E-state index contributed by atoms with van der Waals surface area (Å²) in [6.07, 6.45) is 2.36. The zero-order chi connectivity index (χ0) is 16.2. The minimum Gasteiger partial charge on any atom is -0.472 e. The molecule has 0 bridgehead atoms. The number of likely N-dealkylation sites (tertiary alicyclic amines) is 1. The zero-order valence-electron chi connectivity index (χ0n) is 13.8. The summed E-state index contributed by atoms with van der Waals surface area (Å²) in [4.78, 5) is 18.7. The van der Waals surface area contributed by atoms with Gasteiger partial charge in [0.05, 0.1) is 11.8 Å². The van der Waals surface area contributed by atoms with Crippen LogP contribution in [-0.4, -0.2) is 53.4 Å². The zero-order valence-corrected chi connectivity index (χ0v) is 14.6. The molecule has 0 N–H and O–H groups in total. The van der Waals surface area contributed by atoms with Gasteiger partial charge in [-0.3, -0.25) is 4.79 Å². The standard InChI is InChI=1S/C18H24N2O2S/c1-13-5-7-15(8-6-13)18-19-16(14(2)22-18)11-23-12-17(21)20-9-3-4-10-20/h5-8,14,16H,3-4,9-12H2,1-2H3. The van der Waals surface area contributed by atoms with Gasteiger partial charge in [-0.15, -0.1) is 11.8 Å². The van der Waals surface area contributed by atoms with Gasteiger partial charge in [-0.25, -0.2) is 4.99 Å². The molecule has 0 aliphatic carbocycles. The van der Waals surface area contributed by atoms with E-state index in [1.165, 1.54) is 5.56 Å². The van der Waals surface area contributed by atoms with Crippen molar-refractivity contribution in [3.8, 4) is 0 Å². The Morgan fingerprint density at radius 3 is 2.70 bits per heavy atom. The number of rotatable bonds is 5. The SMILES string of the molecule is Cc1ccc(C2=NC(CSCC(=O)N3CCCC3)C(C)O2)cc1. The van der Waals surface area contributed by atoms with E-state index in [-0.39, 0.29) is 18.1 Å². The number of hydrogen-bond acceptors (Lipinski definition) is 4. The normalized spacial score (nSPS) is 23.7. The lowest BCUT2D eigenvalue weighted by Gasteiger charge is -2.16. The number of benzene rings is 1. The van der Waals surface area contributed by atoms with Gasteiger partial charge in [0.2, 0.25) is 11.8 Å². The van der Waals surface area contributed by atoms with Crippen molar-refractivity contribution in [2.75, 3.05) is 24.6 Å². The van der Waals surface area contributed by atoms with E-state index in [9.17, 15) is 4.79 Å². The van der Waals surface area contributed by atoms with Crippen LogP contribution in [0.2, 0.25) is 0 Å². The third-order valence-electron chi connectivity index (χ3n) is 4.39. The quantitative estimate of drug-likeness (QED) is 0.832. The number of nitrogens with zero attached hydrogens (tertiary/aromatic N) is 2. The molecule has 1 aromatic rings. The van der Waals surface area contributed by atoms with E-state index < -0.39 is 0 Å². The van der Waals surface area contributed by atoms with Crippen LogP contribution in [0.15, 0.2) is 29.3 Å². The summed E-state index contributed by atoms with van der Waals surface area (Å²) < 4.78 is 5.90. The first-order valence-corrected chi connectivity index (χ1v) is 9.46. The van der Waals surface area contributed by atoms with Crippen LogP contribution >= 0.6 is 11.8 Å². The average molecular weight is 332 g/mol. The Bertz CT molecular complexity index is 579. The summed E-state index contributed by atoms with van der Waals surface area (Å²) in [6, 6.07) is 8.37. The van der Waals surface area contributed by atoms with Gasteiger partial charge in [-0.1, -0.05) is 17.7 Å². The number of ether oxygens (including phenoxy) is 1. The monoisotopic (exact) mass is 332 g/mol. The average Bonchev–Trinajstić information content (AvgIpc) is 3.18. The van der Waals surface area contributed by atoms with Crippen LogP contribution < -0.4 is 0 Å². The lowest BCUT2D eigenvalue weighted by atomic mass is 10.1. The van der Waals surface area contributed by atoms with Gasteiger partial charge in [0.1, 0.15) is 6.10 Å². The second-order valence-corrected chi connectivity index (χ2v) is 7.32. The predicted octanol–water partition coefficient (Wildman–Crippen LogP) is 2.88. The highest BCUT2D eigenvalue weighted by Crippen LogP contribution is 2.22. The van der Waals surface area contributed by atoms with Crippen LogP contribution in [0.1, 0.15) is 30.9 Å². The molecule has 1 saturated heterocycles. The van der Waals surface area contributed by atoms with Crippen molar-refractivity contribution < 1.29 is 9.53 Å². The van der Waals surface area contributed by atoms with E-state index in [0.717, 1.165) is 43.1 Å². The van der Waals surface area contributed by atoms with Gasteiger partial charge in [0.25, 0.3) is 0 Å². The molecule has 1 aromatic carbocycles. The predicted molar refractivity (Wildman–Crippen MR) is 95.2 cm³/mol. The van der Waals surface area contributed by atoms with Gasteiger partial charge >= 0.3 is 0 Å². The van der Waals surface area contributed by atoms with Crippen LogP contribution in [0.25, 0.3) is 0 Å². The molecular weight excluding hydrogens is 308 g/mol. The Labute approximate surface area is 142 Å². The number of aryl methyl sites for hydroxylation is 1. The third kappa shape index (κ3) is 4.08. The van der Waals surface area contributed by atoms with Gasteiger partial charge in [-0.05, 0) is 38.8 Å². The van der Waals surface area contributed by atoms with E-state index in [2.05, 4.69) is 26.0 Å². The molecule has 124 valence electrons. The van der Waals surface area contributed by atoms with Crippen molar-refractivity contribution in [3.05, 3.63) is 35.4 Å². The molecule has 1 fully saturated rings. The van der Waals surface area contributed by atoms with Crippen LogP contribution in [0, 0.1) is 6.92 Å². The van der Waals surface area contributed by atoms with E-state index >= 15 is 0 Å². The third-order valence-corrected chi connectivity index (χ3v) is 5.42. The van der Waals surface area contributed by atoms with Crippen LogP contribution in [0.5, 0.6) is 0 Å². The summed E-state index contributed by atoms with van der Waals surface area (Å²) in [5.41, 5.74) is 2.26. The van der Waals surface area contributed by atoms with Gasteiger partial charge in [0, 0.05) is 24.4 Å². The molecule has 2 heterocycles. The summed E-state index contributed by atoms with van der Waals surface area (Å²) in [5.74, 6) is 2.38. The Morgan fingerprint density at radius 2 is 2.00 bits per heavy atom. The smallest absolute Gasteiger partial charge is 0.232 e. The second-order valence-electron chi connectivity index (χ2n) is 6.29. The fourth-order valence-corrected chi connectivity index (χ4v) is 3.94. The van der Waals surface area contributed by atoms with Crippen LogP contribution in [-0.2, 0) is 9.53 Å². The van der Waals surface area contributed by atoms with E-state index in [1.807, 2.05) is 17.0 Å². The lowest BCUT2D eigenvalue weighted by molar-refractivity contribution is -0.127. The second kappa shape index (κ2) is 7.39.